The molecule has 0 rings (SSSR count). The fourth-order valence-electron chi connectivity index (χ4n) is 0.957. The molecule has 0 nitrogen and oxygen atoms in total. The Bertz CT molecular complexity index is 94.3. The van der Waals surface area contributed by atoms with E-state index in [0.717, 1.165) is 0 Å². The fourth-order valence-corrected chi connectivity index (χ4v) is 21.3. The summed E-state index contributed by atoms with van der Waals surface area (Å²) in [4.78, 5) is 0. The molecule has 0 atom stereocenters. The van der Waals surface area contributed by atoms with Gasteiger partial charge in [0.15, 0.2) is 0 Å². The minimum absolute atomic E-state index is 0.365. The summed E-state index contributed by atoms with van der Waals surface area (Å²) < 4.78 is 0. The fraction of sp³-hybridized carbons (Fsp3) is 1.00. The predicted molar refractivity (Wildman–Crippen MR) is 72.2 cm³/mol. The zero-order valence-electron chi connectivity index (χ0n) is 8.41. The van der Waals surface area contributed by atoms with Gasteiger partial charge in [-0.05, 0) is 39.0 Å². The monoisotopic (exact) mass is 238 g/mol. The van der Waals surface area contributed by atoms with Gasteiger partial charge >= 0.3 is 0 Å². The Morgan fingerprint density at radius 2 is 1.00 bits per heavy atom. The van der Waals surface area contributed by atoms with Crippen LogP contribution >= 0.6 is 0 Å². The van der Waals surface area contributed by atoms with Crippen LogP contribution in [0.1, 0.15) is 13.8 Å². The number of hydrogen-bond donors (Lipinski definition) is 0. The van der Waals surface area contributed by atoms with Crippen LogP contribution < -0.4 is 0 Å². The maximum Gasteiger partial charge on any atom is 0.0104 e. The molecule has 0 aromatic heterocycles. The van der Waals surface area contributed by atoms with E-state index in [0.29, 0.717) is 0 Å². The van der Waals surface area contributed by atoms with Gasteiger partial charge in [-0.3, -0.25) is 0 Å². The Morgan fingerprint density at radius 3 is 1.10 bits per heavy atom. The zero-order chi connectivity index (χ0) is 8.41. The Morgan fingerprint density at radius 1 is 0.800 bits per heavy atom. The summed E-state index contributed by atoms with van der Waals surface area (Å²) in [6, 6.07) is 3.33. The molecular weight excluding hydrogens is 217 g/mol. The third-order valence-electron chi connectivity index (χ3n) is 3.60. The average molecular weight is 239 g/mol. The van der Waals surface area contributed by atoms with Crippen LogP contribution in [0.3, 0.4) is 0 Å². The highest BCUT2D eigenvalue weighted by Crippen LogP contribution is 2.13. The third kappa shape index (κ3) is 2.41. The van der Waals surface area contributed by atoms with Crippen molar-refractivity contribution in [3.63, 3.8) is 0 Å². The first-order valence-corrected chi connectivity index (χ1v) is 23.8. The van der Waals surface area contributed by atoms with Crippen LogP contribution in [0.4, 0.5) is 0 Å². The topological polar surface area (TPSA) is 0 Å². The molecule has 0 aliphatic heterocycles. The predicted octanol–water partition coefficient (Wildman–Crippen LogP) is -3.55. The van der Waals surface area contributed by atoms with E-state index in [4.69, 9.17) is 0 Å². The summed E-state index contributed by atoms with van der Waals surface area (Å²) in [6.07, 6.45) is 0. The lowest BCUT2D eigenvalue weighted by Gasteiger charge is -2.37. The maximum absolute atomic E-state index is 2.49. The van der Waals surface area contributed by atoms with Crippen LogP contribution in [-0.4, -0.2) is 52.3 Å². The normalized spacial score (nSPS) is 24.6. The lowest BCUT2D eigenvalue weighted by Crippen LogP contribution is -2.66. The third-order valence-corrected chi connectivity index (χ3v) is 117. The molecule has 0 bridgehead atoms. The molecule has 0 aromatic carbocycles. The van der Waals surface area contributed by atoms with Gasteiger partial charge in [-0.15, -0.1) is 0 Å². The summed E-state index contributed by atoms with van der Waals surface area (Å²) in [5, 5.41) is 0. The molecule has 0 unspecified atom stereocenters. The van der Waals surface area contributed by atoms with Crippen molar-refractivity contribution >= 4 is 52.3 Å². The molecule has 0 aromatic rings. The smallest absolute Gasteiger partial charge is 0.0104 e. The van der Waals surface area contributed by atoms with Crippen molar-refractivity contribution in [3.8, 4) is 0 Å². The first-order valence-electron chi connectivity index (χ1n) is 4.37. The molecule has 0 saturated carbocycles. The van der Waals surface area contributed by atoms with Crippen molar-refractivity contribution in [2.75, 3.05) is 0 Å². The minimum Gasteiger partial charge on any atom is -0.0684 e. The van der Waals surface area contributed by atoms with Crippen molar-refractivity contribution in [3.05, 3.63) is 0 Å². The van der Waals surface area contributed by atoms with Crippen molar-refractivity contribution in [1.29, 1.82) is 0 Å². The highest BCUT2D eigenvalue weighted by Gasteiger charge is 2.36. The molecule has 0 fully saturated rings. The van der Waals surface area contributed by atoms with Gasteiger partial charge in [-0.1, -0.05) is 25.9 Å². The second kappa shape index (κ2) is 3.81. The van der Waals surface area contributed by atoms with E-state index < -0.39 is 0 Å². The van der Waals surface area contributed by atoms with E-state index in [9.17, 15) is 0 Å². The average Bonchev–Trinajstić information content (AvgIpc) is 1.88. The van der Waals surface area contributed by atoms with Crippen LogP contribution in [0.25, 0.3) is 0 Å². The standard InChI is InChI=1S/C4H22Si6/c1-3-9(5,6)10(7,8)4-2/h3-4H2,1-2,5-8H3. The van der Waals surface area contributed by atoms with E-state index in [2.05, 4.69) is 13.8 Å². The molecule has 0 aliphatic carbocycles. The van der Waals surface area contributed by atoms with E-state index in [1.165, 1.54) is 0 Å². The highest BCUT2D eigenvalue weighted by atomic mass is 30.1. The van der Waals surface area contributed by atoms with Crippen molar-refractivity contribution in [1.82, 2.24) is 0 Å². The summed E-state index contributed by atoms with van der Waals surface area (Å²) in [5.74, 6) is 0. The van der Waals surface area contributed by atoms with Crippen LogP contribution in [0, 0.1) is 0 Å². The molecule has 0 heterocycles. The van der Waals surface area contributed by atoms with Crippen molar-refractivity contribution in [2.24, 2.45) is 0 Å². The van der Waals surface area contributed by atoms with Gasteiger partial charge in [0.05, 0.1) is 0 Å². The Labute approximate surface area is 78.2 Å². The van der Waals surface area contributed by atoms with Gasteiger partial charge in [0, 0.05) is 13.3 Å². The van der Waals surface area contributed by atoms with E-state index in [-0.39, 0.29) is 13.3 Å². The van der Waals surface area contributed by atoms with Gasteiger partial charge in [0.25, 0.3) is 0 Å². The Balaban J connectivity index is 4.28. The van der Waals surface area contributed by atoms with Gasteiger partial charge in [0.1, 0.15) is 0 Å². The molecule has 6 heteroatoms. The summed E-state index contributed by atoms with van der Waals surface area (Å²) in [7, 11) is 6.59. The van der Waals surface area contributed by atoms with Crippen molar-refractivity contribution in [2.45, 2.75) is 25.9 Å². The second-order valence-corrected chi connectivity index (χ2v) is 72.0. The summed E-state index contributed by atoms with van der Waals surface area (Å²) in [6.45, 7) is 4.24. The molecule has 62 valence electrons. The first kappa shape index (κ1) is 11.3. The van der Waals surface area contributed by atoms with E-state index in [1.54, 1.807) is 51.1 Å². The van der Waals surface area contributed by atoms with Gasteiger partial charge in [0.2, 0.25) is 0 Å². The second-order valence-electron chi connectivity index (χ2n) is 4.47. The van der Waals surface area contributed by atoms with Gasteiger partial charge in [-0.2, -0.15) is 0 Å². The Hall–Kier alpha value is 1.30. The molecule has 0 N–H and O–H groups in total. The lowest BCUT2D eigenvalue weighted by atomic mass is 11.0. The Kier molecular flexibility index (Phi) is 4.30. The van der Waals surface area contributed by atoms with Crippen LogP contribution in [0.2, 0.25) is 12.1 Å². The molecule has 0 radical (unpaired) electrons. The van der Waals surface area contributed by atoms with Gasteiger partial charge < -0.3 is 0 Å². The maximum atomic E-state index is 2.49. The lowest BCUT2D eigenvalue weighted by molar-refractivity contribution is 1.42. The van der Waals surface area contributed by atoms with E-state index >= 15 is 0 Å². The molecule has 0 amide bonds. The number of hydrogen-bond acceptors (Lipinski definition) is 0. The molecule has 10 heavy (non-hydrogen) atoms. The first-order chi connectivity index (χ1) is 4.37. The summed E-state index contributed by atoms with van der Waals surface area (Å²) in [5.41, 5.74) is 0. The van der Waals surface area contributed by atoms with Crippen molar-refractivity contribution < 1.29 is 0 Å². The van der Waals surface area contributed by atoms with Crippen LogP contribution in [0.5, 0.6) is 0 Å². The van der Waals surface area contributed by atoms with Gasteiger partial charge in [-0.25, -0.2) is 0 Å². The quantitative estimate of drug-likeness (QED) is 0.447. The molecular formula is C4H22Si6. The summed E-state index contributed by atoms with van der Waals surface area (Å²) >= 11 is 0. The highest BCUT2D eigenvalue weighted by molar-refractivity contribution is 7.89. The largest absolute Gasteiger partial charge is 0.0684 e. The minimum atomic E-state index is -0.365. The van der Waals surface area contributed by atoms with Crippen LogP contribution in [-0.2, 0) is 0 Å². The SMILES string of the molecule is CC[Si]([SiH3])([SiH3])[Si]([SiH3])([SiH3])CC. The molecule has 0 spiro atoms. The zero-order valence-corrected chi connectivity index (χ0v) is 18.4. The molecule has 0 aliphatic rings. The molecule has 0 saturated heterocycles. The number of rotatable bonds is 3. The van der Waals surface area contributed by atoms with E-state index in [1.807, 2.05) is 0 Å². The van der Waals surface area contributed by atoms with Crippen LogP contribution in [0.15, 0.2) is 0 Å².